The number of nitriles is 1. The minimum atomic E-state index is 0.161. The van der Waals surface area contributed by atoms with Crippen LogP contribution in [0.15, 0.2) is 48.7 Å². The van der Waals surface area contributed by atoms with Gasteiger partial charge < -0.3 is 15.1 Å². The van der Waals surface area contributed by atoms with Crippen molar-refractivity contribution in [2.45, 2.75) is 6.42 Å². The van der Waals surface area contributed by atoms with Crippen LogP contribution in [0.3, 0.4) is 0 Å². The first-order valence-corrected chi connectivity index (χ1v) is 8.44. The molecule has 1 aliphatic heterocycles. The third kappa shape index (κ3) is 4.48. The van der Waals surface area contributed by atoms with Crippen LogP contribution in [-0.2, 0) is 4.79 Å². The Morgan fingerprint density at radius 1 is 1.12 bits per heavy atom. The van der Waals surface area contributed by atoms with E-state index in [0.29, 0.717) is 24.3 Å². The highest BCUT2D eigenvalue weighted by Crippen LogP contribution is 2.15. The van der Waals surface area contributed by atoms with E-state index in [9.17, 15) is 4.79 Å². The van der Waals surface area contributed by atoms with Gasteiger partial charge in [0.25, 0.3) is 0 Å². The zero-order valence-electron chi connectivity index (χ0n) is 14.1. The van der Waals surface area contributed by atoms with Crippen LogP contribution in [0.25, 0.3) is 0 Å². The van der Waals surface area contributed by atoms with Gasteiger partial charge in [0.2, 0.25) is 5.91 Å². The molecule has 0 unspecified atom stereocenters. The highest BCUT2D eigenvalue weighted by molar-refractivity contribution is 5.77. The van der Waals surface area contributed by atoms with Crippen LogP contribution in [0, 0.1) is 11.3 Å². The summed E-state index contributed by atoms with van der Waals surface area (Å²) in [5.74, 6) is 0.842. The largest absolute Gasteiger partial charge is 0.370 e. The van der Waals surface area contributed by atoms with Crippen molar-refractivity contribution < 1.29 is 4.79 Å². The van der Waals surface area contributed by atoms with Crippen LogP contribution < -0.4 is 10.2 Å². The number of carbonyl (C=O) groups is 1. The summed E-state index contributed by atoms with van der Waals surface area (Å²) in [5, 5.41) is 11.9. The summed E-state index contributed by atoms with van der Waals surface area (Å²) < 4.78 is 0. The summed E-state index contributed by atoms with van der Waals surface area (Å²) in [6, 6.07) is 15.8. The number of aromatic nitrogens is 1. The number of hydrogen-bond acceptors (Lipinski definition) is 5. The van der Waals surface area contributed by atoms with Gasteiger partial charge in [-0.1, -0.05) is 18.2 Å². The number of benzene rings is 1. The third-order valence-corrected chi connectivity index (χ3v) is 4.29. The molecule has 0 spiro atoms. The van der Waals surface area contributed by atoms with E-state index in [-0.39, 0.29) is 5.91 Å². The van der Waals surface area contributed by atoms with Crippen molar-refractivity contribution in [1.82, 2.24) is 9.88 Å². The second-order valence-corrected chi connectivity index (χ2v) is 5.92. The van der Waals surface area contributed by atoms with E-state index >= 15 is 0 Å². The van der Waals surface area contributed by atoms with E-state index in [4.69, 9.17) is 5.26 Å². The Balaban J connectivity index is 1.41. The van der Waals surface area contributed by atoms with Crippen molar-refractivity contribution in [3.63, 3.8) is 0 Å². The zero-order chi connectivity index (χ0) is 17.5. The molecule has 1 aliphatic rings. The molecule has 1 aromatic carbocycles. The van der Waals surface area contributed by atoms with E-state index in [1.54, 1.807) is 12.1 Å². The van der Waals surface area contributed by atoms with E-state index in [0.717, 1.165) is 26.2 Å². The monoisotopic (exact) mass is 335 g/mol. The Hall–Kier alpha value is -3.07. The number of carbonyl (C=O) groups excluding carboxylic acids is 1. The Morgan fingerprint density at radius 3 is 2.52 bits per heavy atom. The van der Waals surface area contributed by atoms with Gasteiger partial charge >= 0.3 is 0 Å². The normalized spacial score (nSPS) is 14.0. The fourth-order valence-corrected chi connectivity index (χ4v) is 2.87. The second-order valence-electron chi connectivity index (χ2n) is 5.92. The molecule has 0 radical (unpaired) electrons. The lowest BCUT2D eigenvalue weighted by Crippen LogP contribution is -2.49. The van der Waals surface area contributed by atoms with Crippen LogP contribution in [0.5, 0.6) is 0 Å². The topological polar surface area (TPSA) is 72.3 Å². The summed E-state index contributed by atoms with van der Waals surface area (Å²) in [6.07, 6.45) is 1.96. The van der Waals surface area contributed by atoms with Gasteiger partial charge in [-0.2, -0.15) is 5.26 Å². The first-order chi connectivity index (χ1) is 12.3. The predicted molar refractivity (Wildman–Crippen MR) is 97.3 cm³/mol. The summed E-state index contributed by atoms with van der Waals surface area (Å²) in [6.45, 7) is 3.77. The van der Waals surface area contributed by atoms with E-state index in [1.807, 2.05) is 29.2 Å². The first kappa shape index (κ1) is 16.8. The van der Waals surface area contributed by atoms with Crippen molar-refractivity contribution in [3.8, 4) is 6.07 Å². The van der Waals surface area contributed by atoms with Gasteiger partial charge in [0.15, 0.2) is 0 Å². The van der Waals surface area contributed by atoms with Crippen LogP contribution in [0.2, 0.25) is 0 Å². The molecular formula is C19H21N5O. The number of nitrogens with one attached hydrogen (secondary N) is 1. The van der Waals surface area contributed by atoms with Gasteiger partial charge in [-0.05, 0) is 24.3 Å². The molecule has 1 amide bonds. The van der Waals surface area contributed by atoms with E-state index < -0.39 is 0 Å². The van der Waals surface area contributed by atoms with Gasteiger partial charge in [-0.3, -0.25) is 4.79 Å². The van der Waals surface area contributed by atoms with Gasteiger partial charge in [0.1, 0.15) is 11.9 Å². The van der Waals surface area contributed by atoms with E-state index in [1.165, 1.54) is 11.9 Å². The average Bonchev–Trinajstić information content (AvgIpc) is 2.69. The third-order valence-electron chi connectivity index (χ3n) is 4.29. The van der Waals surface area contributed by atoms with Gasteiger partial charge in [-0.25, -0.2) is 4.98 Å². The van der Waals surface area contributed by atoms with Crippen LogP contribution >= 0.6 is 0 Å². The van der Waals surface area contributed by atoms with E-state index in [2.05, 4.69) is 27.3 Å². The number of hydrogen-bond donors (Lipinski definition) is 1. The number of rotatable bonds is 5. The van der Waals surface area contributed by atoms with Gasteiger partial charge in [0.05, 0.1) is 5.56 Å². The number of nitrogens with zero attached hydrogens (tertiary/aromatic N) is 4. The van der Waals surface area contributed by atoms with Crippen LogP contribution in [0.4, 0.5) is 11.5 Å². The molecule has 3 rings (SSSR count). The fourth-order valence-electron chi connectivity index (χ4n) is 2.87. The molecule has 0 saturated carbocycles. The van der Waals surface area contributed by atoms with Crippen molar-refractivity contribution >= 4 is 17.4 Å². The molecule has 128 valence electrons. The van der Waals surface area contributed by atoms with Crippen molar-refractivity contribution in [2.75, 3.05) is 42.9 Å². The Morgan fingerprint density at radius 2 is 1.88 bits per heavy atom. The average molecular weight is 335 g/mol. The molecule has 6 heteroatoms. The Bertz CT molecular complexity index is 731. The summed E-state index contributed by atoms with van der Waals surface area (Å²) >= 11 is 0. The standard InChI is InChI=1S/C19H21N5O/c20-14-16-6-7-18(22-15-16)21-9-8-19(25)24-12-10-23(11-13-24)17-4-2-1-3-5-17/h1-7,15H,8-13H2,(H,21,22). The fraction of sp³-hybridized carbons (Fsp3) is 0.316. The smallest absolute Gasteiger partial charge is 0.224 e. The molecule has 1 N–H and O–H groups in total. The minimum Gasteiger partial charge on any atom is -0.370 e. The number of pyridine rings is 1. The van der Waals surface area contributed by atoms with Crippen LogP contribution in [0.1, 0.15) is 12.0 Å². The molecule has 0 aliphatic carbocycles. The molecule has 6 nitrogen and oxygen atoms in total. The quantitative estimate of drug-likeness (QED) is 0.906. The number of amides is 1. The number of anilines is 2. The van der Waals surface area contributed by atoms with Crippen molar-refractivity contribution in [1.29, 1.82) is 5.26 Å². The highest BCUT2D eigenvalue weighted by atomic mass is 16.2. The zero-order valence-corrected chi connectivity index (χ0v) is 14.1. The van der Waals surface area contributed by atoms with Crippen LogP contribution in [-0.4, -0.2) is 48.5 Å². The lowest BCUT2D eigenvalue weighted by molar-refractivity contribution is -0.131. The molecule has 0 atom stereocenters. The molecule has 2 aromatic rings. The molecular weight excluding hydrogens is 314 g/mol. The van der Waals surface area contributed by atoms with Crippen molar-refractivity contribution in [3.05, 3.63) is 54.2 Å². The molecule has 25 heavy (non-hydrogen) atoms. The maximum Gasteiger partial charge on any atom is 0.224 e. The second kappa shape index (κ2) is 8.15. The predicted octanol–water partition coefficient (Wildman–Crippen LogP) is 2.10. The molecule has 0 bridgehead atoms. The molecule has 1 saturated heterocycles. The first-order valence-electron chi connectivity index (χ1n) is 8.44. The number of para-hydroxylation sites is 1. The summed E-state index contributed by atoms with van der Waals surface area (Å²) in [7, 11) is 0. The maximum absolute atomic E-state index is 12.3. The van der Waals surface area contributed by atoms with Crippen molar-refractivity contribution in [2.24, 2.45) is 0 Å². The summed E-state index contributed by atoms with van der Waals surface area (Å²) in [4.78, 5) is 20.7. The Labute approximate surface area is 147 Å². The Kier molecular flexibility index (Phi) is 5.47. The summed E-state index contributed by atoms with van der Waals surface area (Å²) in [5.41, 5.74) is 1.74. The molecule has 2 heterocycles. The highest BCUT2D eigenvalue weighted by Gasteiger charge is 2.20. The number of piperazine rings is 1. The lowest BCUT2D eigenvalue weighted by Gasteiger charge is -2.36. The minimum absolute atomic E-state index is 0.161. The SMILES string of the molecule is N#Cc1ccc(NCCC(=O)N2CCN(c3ccccc3)CC2)nc1. The molecule has 1 fully saturated rings. The van der Waals surface area contributed by atoms with Gasteiger partial charge in [0, 0.05) is 51.0 Å². The lowest BCUT2D eigenvalue weighted by atomic mass is 10.2. The van der Waals surface area contributed by atoms with Gasteiger partial charge in [-0.15, -0.1) is 0 Å². The molecule has 1 aromatic heterocycles. The maximum atomic E-state index is 12.3.